The van der Waals surface area contributed by atoms with Crippen molar-refractivity contribution in [2.45, 2.75) is 24.4 Å². The van der Waals surface area contributed by atoms with E-state index in [-0.39, 0.29) is 23.6 Å². The number of benzene rings is 1. The molecule has 2 atom stereocenters. The number of pyridine rings is 1. The number of aromatic nitrogens is 6. The molecule has 9 nitrogen and oxygen atoms in total. The fourth-order valence-electron chi connectivity index (χ4n) is 4.70. The summed E-state index contributed by atoms with van der Waals surface area (Å²) >= 11 is 0. The van der Waals surface area contributed by atoms with E-state index in [1.54, 1.807) is 47.5 Å². The van der Waals surface area contributed by atoms with Crippen LogP contribution in [0, 0.1) is 0 Å². The Bertz CT molecular complexity index is 1660. The summed E-state index contributed by atoms with van der Waals surface area (Å²) in [6.45, 7) is -1.37. The lowest BCUT2D eigenvalue weighted by molar-refractivity contribution is -0.153. The van der Waals surface area contributed by atoms with Crippen LogP contribution in [0.1, 0.15) is 29.4 Å². The molecule has 1 aromatic carbocycles. The minimum absolute atomic E-state index is 0.0411. The minimum Gasteiger partial charge on any atom is -0.483 e. The van der Waals surface area contributed by atoms with Crippen molar-refractivity contribution in [1.29, 1.82) is 0 Å². The van der Waals surface area contributed by atoms with Gasteiger partial charge in [0, 0.05) is 35.7 Å². The van der Waals surface area contributed by atoms with E-state index in [0.717, 1.165) is 17.5 Å². The van der Waals surface area contributed by atoms with Crippen molar-refractivity contribution in [3.63, 3.8) is 0 Å². The number of halogens is 3. The molecule has 0 saturated heterocycles. The second-order valence-electron chi connectivity index (χ2n) is 8.90. The Morgan fingerprint density at radius 1 is 1.03 bits per heavy atom. The summed E-state index contributed by atoms with van der Waals surface area (Å²) in [5.41, 5.74) is 4.25. The van der Waals surface area contributed by atoms with Gasteiger partial charge in [-0.3, -0.25) is 4.98 Å². The number of imidazole rings is 1. The lowest BCUT2D eigenvalue weighted by atomic mass is 10.0. The van der Waals surface area contributed by atoms with Crippen LogP contribution < -0.4 is 14.2 Å². The SMILES string of the molecule is COc1ncc(-c2cc([C@H]3C[C@@H]3c3cc(OCC(F)(F)F)c4cccnc4c3)c3nccn3n2)c(OC)n1. The van der Waals surface area contributed by atoms with E-state index in [0.29, 0.717) is 33.7 Å². The van der Waals surface area contributed by atoms with Crippen molar-refractivity contribution in [2.24, 2.45) is 0 Å². The summed E-state index contributed by atoms with van der Waals surface area (Å²) in [7, 11) is 2.97. The Labute approximate surface area is 214 Å². The maximum Gasteiger partial charge on any atom is 0.422 e. The molecular weight excluding hydrogens is 501 g/mol. The van der Waals surface area contributed by atoms with E-state index in [1.807, 2.05) is 12.1 Å². The summed E-state index contributed by atoms with van der Waals surface area (Å²) in [4.78, 5) is 17.3. The number of hydrogen-bond acceptors (Lipinski definition) is 8. The van der Waals surface area contributed by atoms with Gasteiger partial charge in [-0.1, -0.05) is 0 Å². The first-order valence-electron chi connectivity index (χ1n) is 11.7. The zero-order valence-corrected chi connectivity index (χ0v) is 20.3. The third kappa shape index (κ3) is 4.42. The lowest BCUT2D eigenvalue weighted by Gasteiger charge is -2.13. The van der Waals surface area contributed by atoms with Gasteiger partial charge in [0.1, 0.15) is 5.75 Å². The van der Waals surface area contributed by atoms with Crippen LogP contribution >= 0.6 is 0 Å². The second-order valence-corrected chi connectivity index (χ2v) is 8.90. The summed E-state index contributed by atoms with van der Waals surface area (Å²) in [6.07, 6.45) is 2.94. The quantitative estimate of drug-likeness (QED) is 0.296. The van der Waals surface area contributed by atoms with Gasteiger partial charge >= 0.3 is 12.2 Å². The van der Waals surface area contributed by atoms with Gasteiger partial charge in [-0.25, -0.2) is 14.5 Å². The number of ether oxygens (including phenoxy) is 3. The average molecular weight is 522 g/mol. The Balaban J connectivity index is 1.39. The molecule has 0 unspecified atom stereocenters. The standard InChI is InChI=1S/C26H21F3N6O3/c1-36-24-19(12-32-25(33-24)37-2)21-11-18(23-31-6-7-35(23)34-21)17-10-16(17)14-8-20-15(4-3-5-30-20)22(9-14)38-13-26(27,28)29/h3-9,11-12,16-17H,10,13H2,1-2H3/t16-,17+/m1/s1. The van der Waals surface area contributed by atoms with Gasteiger partial charge in [0.2, 0.25) is 5.88 Å². The van der Waals surface area contributed by atoms with E-state index in [1.165, 1.54) is 14.2 Å². The molecule has 1 saturated carbocycles. The van der Waals surface area contributed by atoms with Gasteiger partial charge in [0.15, 0.2) is 12.3 Å². The maximum atomic E-state index is 12.9. The molecule has 0 bridgehead atoms. The number of hydrogen-bond donors (Lipinski definition) is 0. The Kier molecular flexibility index (Phi) is 5.73. The fourth-order valence-corrected chi connectivity index (χ4v) is 4.70. The van der Waals surface area contributed by atoms with Crippen LogP contribution in [-0.4, -0.2) is 56.6 Å². The van der Waals surface area contributed by atoms with Gasteiger partial charge < -0.3 is 14.2 Å². The largest absolute Gasteiger partial charge is 0.483 e. The molecule has 0 N–H and O–H groups in total. The van der Waals surface area contributed by atoms with Gasteiger partial charge in [0.05, 0.1) is 31.0 Å². The average Bonchev–Trinajstić information content (AvgIpc) is 3.58. The molecule has 0 radical (unpaired) electrons. The lowest BCUT2D eigenvalue weighted by Crippen LogP contribution is -2.19. The van der Waals surface area contributed by atoms with Crippen molar-refractivity contribution in [3.05, 3.63) is 66.2 Å². The monoisotopic (exact) mass is 522 g/mol. The van der Waals surface area contributed by atoms with Gasteiger partial charge in [-0.2, -0.15) is 23.3 Å². The van der Waals surface area contributed by atoms with Crippen LogP contribution in [0.4, 0.5) is 13.2 Å². The normalized spacial score (nSPS) is 17.1. The number of fused-ring (bicyclic) bond motifs is 2. The third-order valence-corrected chi connectivity index (χ3v) is 6.49. The number of nitrogens with zero attached hydrogens (tertiary/aromatic N) is 6. The molecule has 1 aliphatic rings. The highest BCUT2D eigenvalue weighted by molar-refractivity contribution is 5.86. The fraction of sp³-hybridized carbons (Fsp3) is 0.269. The summed E-state index contributed by atoms with van der Waals surface area (Å²) in [5, 5.41) is 5.19. The number of methoxy groups -OCH3 is 2. The number of alkyl halides is 3. The molecule has 38 heavy (non-hydrogen) atoms. The van der Waals surface area contributed by atoms with Crippen LogP contribution in [-0.2, 0) is 0 Å². The van der Waals surface area contributed by atoms with Gasteiger partial charge in [-0.15, -0.1) is 0 Å². The van der Waals surface area contributed by atoms with E-state index < -0.39 is 12.8 Å². The highest BCUT2D eigenvalue weighted by Crippen LogP contribution is 2.56. The molecule has 6 rings (SSSR count). The Morgan fingerprint density at radius 2 is 1.89 bits per heavy atom. The Hall–Kier alpha value is -4.48. The molecular formula is C26H21F3N6O3. The summed E-state index contributed by atoms with van der Waals surface area (Å²) < 4.78 is 56.1. The molecule has 0 spiro atoms. The van der Waals surface area contributed by atoms with Crippen molar-refractivity contribution < 1.29 is 27.4 Å². The molecule has 0 aliphatic heterocycles. The topological polar surface area (TPSA) is 96.6 Å². The van der Waals surface area contributed by atoms with E-state index in [9.17, 15) is 13.2 Å². The van der Waals surface area contributed by atoms with Crippen LogP contribution in [0.2, 0.25) is 0 Å². The highest BCUT2D eigenvalue weighted by atomic mass is 19.4. The molecule has 4 heterocycles. The maximum absolute atomic E-state index is 12.9. The molecule has 1 aliphatic carbocycles. The molecule has 1 fully saturated rings. The van der Waals surface area contributed by atoms with E-state index in [4.69, 9.17) is 14.2 Å². The molecule has 5 aromatic rings. The van der Waals surface area contributed by atoms with Crippen molar-refractivity contribution in [3.8, 4) is 28.9 Å². The van der Waals surface area contributed by atoms with E-state index in [2.05, 4.69) is 25.0 Å². The van der Waals surface area contributed by atoms with Crippen molar-refractivity contribution in [2.75, 3.05) is 20.8 Å². The molecule has 0 amide bonds. The first-order chi connectivity index (χ1) is 18.3. The number of rotatable bonds is 7. The van der Waals surface area contributed by atoms with Gasteiger partial charge in [0.25, 0.3) is 0 Å². The first kappa shape index (κ1) is 23.9. The predicted octanol–water partition coefficient (Wildman–Crippen LogP) is 4.96. The van der Waals surface area contributed by atoms with Crippen LogP contribution in [0.15, 0.2) is 55.1 Å². The zero-order chi connectivity index (χ0) is 26.4. The van der Waals surface area contributed by atoms with Crippen molar-refractivity contribution >= 4 is 16.6 Å². The van der Waals surface area contributed by atoms with E-state index >= 15 is 0 Å². The highest BCUT2D eigenvalue weighted by Gasteiger charge is 2.42. The van der Waals surface area contributed by atoms with Crippen LogP contribution in [0.5, 0.6) is 17.6 Å². The third-order valence-electron chi connectivity index (χ3n) is 6.49. The summed E-state index contributed by atoms with van der Waals surface area (Å²) in [6, 6.07) is 9.08. The van der Waals surface area contributed by atoms with Gasteiger partial charge in [-0.05, 0) is 54.2 Å². The van der Waals surface area contributed by atoms with Crippen molar-refractivity contribution in [1.82, 2.24) is 29.5 Å². The minimum atomic E-state index is -4.45. The Morgan fingerprint density at radius 3 is 2.68 bits per heavy atom. The van der Waals surface area contributed by atoms with Crippen LogP contribution in [0.25, 0.3) is 27.8 Å². The predicted molar refractivity (Wildman–Crippen MR) is 131 cm³/mol. The first-order valence-corrected chi connectivity index (χ1v) is 11.7. The zero-order valence-electron chi connectivity index (χ0n) is 20.3. The molecule has 4 aromatic heterocycles. The van der Waals surface area contributed by atoms with Crippen LogP contribution in [0.3, 0.4) is 0 Å². The molecule has 12 heteroatoms. The second kappa shape index (κ2) is 9.12. The summed E-state index contributed by atoms with van der Waals surface area (Å²) in [5.74, 6) is 0.576. The smallest absolute Gasteiger partial charge is 0.422 e. The molecule has 194 valence electrons.